The minimum absolute atomic E-state index is 0. The number of hydrogen-bond acceptors (Lipinski definition) is 4. The number of aliphatic imine (C=N–C) groups is 1. The van der Waals surface area contributed by atoms with E-state index in [-0.39, 0.29) is 29.9 Å². The van der Waals surface area contributed by atoms with Gasteiger partial charge in [0.15, 0.2) is 5.96 Å². The van der Waals surface area contributed by atoms with Crippen LogP contribution in [0.5, 0.6) is 0 Å². The fraction of sp³-hybridized carbons (Fsp3) is 0.524. The number of nitrogens with zero attached hydrogens (tertiary/aromatic N) is 4. The van der Waals surface area contributed by atoms with E-state index in [1.54, 1.807) is 19.4 Å². The molecule has 172 valence electrons. The highest BCUT2D eigenvalue weighted by molar-refractivity contribution is 14.0. The van der Waals surface area contributed by atoms with E-state index < -0.39 is 11.7 Å². The quantitative estimate of drug-likeness (QED) is 0.332. The Morgan fingerprint density at radius 2 is 1.97 bits per heavy atom. The van der Waals surface area contributed by atoms with E-state index in [1.807, 2.05) is 13.0 Å². The molecule has 2 aromatic rings. The molecule has 1 fully saturated rings. The van der Waals surface area contributed by atoms with Crippen molar-refractivity contribution in [3.05, 3.63) is 53.4 Å². The molecule has 1 aliphatic heterocycles. The predicted molar refractivity (Wildman–Crippen MR) is 125 cm³/mol. The number of piperazine rings is 1. The van der Waals surface area contributed by atoms with Crippen LogP contribution in [0.15, 0.2) is 46.1 Å². The number of aromatic nitrogens is 1. The third kappa shape index (κ3) is 7.37. The number of hydrogen-bond donors (Lipinski definition) is 1. The second-order valence-electron chi connectivity index (χ2n) is 7.54. The van der Waals surface area contributed by atoms with Gasteiger partial charge < -0.3 is 14.7 Å². The summed E-state index contributed by atoms with van der Waals surface area (Å²) in [6.45, 7) is 6.85. The summed E-state index contributed by atoms with van der Waals surface area (Å²) in [6.07, 6.45) is -2.02. The van der Waals surface area contributed by atoms with E-state index >= 15 is 0 Å². The molecule has 1 atom stereocenters. The second kappa shape index (κ2) is 11.7. The minimum Gasteiger partial charge on any atom is -0.364 e. The Bertz CT molecular complexity index is 821. The van der Waals surface area contributed by atoms with E-state index in [1.165, 1.54) is 12.1 Å². The Balaban J connectivity index is 0.00000341. The molecule has 1 aromatic heterocycles. The molecule has 10 heteroatoms. The van der Waals surface area contributed by atoms with Crippen LogP contribution in [-0.2, 0) is 12.7 Å². The van der Waals surface area contributed by atoms with Gasteiger partial charge in [0.2, 0.25) is 0 Å². The van der Waals surface area contributed by atoms with Crippen LogP contribution < -0.4 is 5.32 Å². The van der Waals surface area contributed by atoms with Crippen LogP contribution in [0.2, 0.25) is 0 Å². The summed E-state index contributed by atoms with van der Waals surface area (Å²) in [7, 11) is 1.75. The maximum Gasteiger partial charge on any atom is 0.416 e. The summed E-state index contributed by atoms with van der Waals surface area (Å²) in [5.74, 6) is 0.838. The van der Waals surface area contributed by atoms with Crippen LogP contribution >= 0.6 is 24.0 Å². The van der Waals surface area contributed by atoms with Crippen LogP contribution in [0.1, 0.15) is 36.1 Å². The molecule has 0 spiro atoms. The molecule has 1 aromatic carbocycles. The van der Waals surface area contributed by atoms with Gasteiger partial charge in [0.1, 0.15) is 6.26 Å². The van der Waals surface area contributed by atoms with Gasteiger partial charge in [-0.1, -0.05) is 30.3 Å². The molecule has 0 radical (unpaired) electrons. The number of halogens is 4. The standard InChI is InChI=1S/C21H28F3N5O.HI/c1-16(17-4-3-5-18(14-17)21(22,23)24)6-8-26-20(25-2)29-11-9-28(10-12-29)15-19-7-13-30-27-19;/h3-5,7,13-14,16H,6,8-12,15H2,1-2H3,(H,25,26);1H. The van der Waals surface area contributed by atoms with Crippen LogP contribution in [0.25, 0.3) is 0 Å². The van der Waals surface area contributed by atoms with E-state index in [0.29, 0.717) is 18.5 Å². The molecule has 2 heterocycles. The van der Waals surface area contributed by atoms with Crippen molar-refractivity contribution < 1.29 is 17.7 Å². The predicted octanol–water partition coefficient (Wildman–Crippen LogP) is 4.20. The van der Waals surface area contributed by atoms with Crippen molar-refractivity contribution >= 4 is 29.9 Å². The fourth-order valence-corrected chi connectivity index (χ4v) is 3.59. The molecule has 6 nitrogen and oxygen atoms in total. The Kier molecular flexibility index (Phi) is 9.60. The first-order chi connectivity index (χ1) is 14.4. The summed E-state index contributed by atoms with van der Waals surface area (Å²) < 4.78 is 43.7. The molecule has 1 unspecified atom stereocenters. The highest BCUT2D eigenvalue weighted by atomic mass is 127. The molecule has 0 saturated carbocycles. The molecule has 0 bridgehead atoms. The third-order valence-corrected chi connectivity index (χ3v) is 5.40. The fourth-order valence-electron chi connectivity index (χ4n) is 3.59. The van der Waals surface area contributed by atoms with E-state index in [2.05, 4.69) is 25.3 Å². The Morgan fingerprint density at radius 3 is 2.58 bits per heavy atom. The van der Waals surface area contributed by atoms with Crippen molar-refractivity contribution in [3.8, 4) is 0 Å². The molecule has 31 heavy (non-hydrogen) atoms. The first kappa shape index (κ1) is 25.4. The van der Waals surface area contributed by atoms with Gasteiger partial charge in [-0.2, -0.15) is 13.2 Å². The average molecular weight is 551 g/mol. The topological polar surface area (TPSA) is 56.9 Å². The zero-order valence-electron chi connectivity index (χ0n) is 17.7. The van der Waals surface area contributed by atoms with Crippen LogP contribution in [-0.4, -0.2) is 60.7 Å². The molecule has 3 rings (SSSR count). The van der Waals surface area contributed by atoms with Gasteiger partial charge in [0, 0.05) is 52.4 Å². The Labute approximate surface area is 197 Å². The highest BCUT2D eigenvalue weighted by Crippen LogP contribution is 2.31. The van der Waals surface area contributed by atoms with E-state index in [9.17, 15) is 13.2 Å². The van der Waals surface area contributed by atoms with E-state index in [4.69, 9.17) is 4.52 Å². The molecular formula is C21H29F3IN5O. The number of guanidine groups is 1. The van der Waals surface area contributed by atoms with Gasteiger partial charge in [-0.25, -0.2) is 0 Å². The largest absolute Gasteiger partial charge is 0.416 e. The third-order valence-electron chi connectivity index (χ3n) is 5.40. The number of alkyl halides is 3. The molecule has 1 N–H and O–H groups in total. The van der Waals surface area contributed by atoms with Crippen molar-refractivity contribution in [1.82, 2.24) is 20.3 Å². The molecule has 1 saturated heterocycles. The second-order valence-corrected chi connectivity index (χ2v) is 7.54. The minimum atomic E-state index is -4.31. The average Bonchev–Trinajstić information content (AvgIpc) is 3.24. The molecular weight excluding hydrogens is 522 g/mol. The summed E-state index contributed by atoms with van der Waals surface area (Å²) in [4.78, 5) is 8.88. The van der Waals surface area contributed by atoms with Gasteiger partial charge >= 0.3 is 6.18 Å². The van der Waals surface area contributed by atoms with Crippen molar-refractivity contribution in [3.63, 3.8) is 0 Å². The zero-order chi connectivity index (χ0) is 21.6. The number of benzene rings is 1. The monoisotopic (exact) mass is 551 g/mol. The van der Waals surface area contributed by atoms with Crippen molar-refractivity contribution in [2.24, 2.45) is 4.99 Å². The highest BCUT2D eigenvalue weighted by Gasteiger charge is 2.30. The zero-order valence-corrected chi connectivity index (χ0v) is 20.1. The summed E-state index contributed by atoms with van der Waals surface area (Å²) in [6, 6.07) is 7.45. The maximum absolute atomic E-state index is 12.9. The number of rotatable bonds is 6. The lowest BCUT2D eigenvalue weighted by Gasteiger charge is -2.36. The van der Waals surface area contributed by atoms with Gasteiger partial charge in [-0.15, -0.1) is 24.0 Å². The molecule has 0 aliphatic carbocycles. The maximum atomic E-state index is 12.9. The smallest absolute Gasteiger partial charge is 0.364 e. The first-order valence-corrected chi connectivity index (χ1v) is 10.1. The first-order valence-electron chi connectivity index (χ1n) is 10.1. The van der Waals surface area contributed by atoms with Crippen molar-refractivity contribution in [2.45, 2.75) is 32.0 Å². The summed E-state index contributed by atoms with van der Waals surface area (Å²) >= 11 is 0. The normalized spacial score (nSPS) is 16.7. The van der Waals surface area contributed by atoms with Crippen LogP contribution in [0.4, 0.5) is 13.2 Å². The van der Waals surface area contributed by atoms with Gasteiger partial charge in [0.05, 0.1) is 11.3 Å². The lowest BCUT2D eigenvalue weighted by Crippen LogP contribution is -2.52. The van der Waals surface area contributed by atoms with Gasteiger partial charge in [0.25, 0.3) is 0 Å². The van der Waals surface area contributed by atoms with Crippen molar-refractivity contribution in [1.29, 1.82) is 0 Å². The van der Waals surface area contributed by atoms with Gasteiger partial charge in [-0.3, -0.25) is 9.89 Å². The SMILES string of the molecule is CN=C(NCCC(C)c1cccc(C(F)(F)F)c1)N1CCN(Cc2ccon2)CC1.I. The Morgan fingerprint density at radius 1 is 1.23 bits per heavy atom. The molecule has 0 amide bonds. The summed E-state index contributed by atoms with van der Waals surface area (Å²) in [5.41, 5.74) is 1.02. The summed E-state index contributed by atoms with van der Waals surface area (Å²) in [5, 5.41) is 7.31. The lowest BCUT2D eigenvalue weighted by molar-refractivity contribution is -0.137. The van der Waals surface area contributed by atoms with Crippen molar-refractivity contribution in [2.75, 3.05) is 39.8 Å². The van der Waals surface area contributed by atoms with E-state index in [0.717, 1.165) is 50.4 Å². The van der Waals surface area contributed by atoms with Gasteiger partial charge in [-0.05, 0) is 24.0 Å². The van der Waals surface area contributed by atoms with Crippen LogP contribution in [0.3, 0.4) is 0 Å². The molecule has 1 aliphatic rings. The van der Waals surface area contributed by atoms with Crippen LogP contribution in [0, 0.1) is 0 Å². The lowest BCUT2D eigenvalue weighted by atomic mass is 9.96. The number of nitrogens with one attached hydrogen (secondary N) is 1. The Hall–Kier alpha value is -1.82.